The topological polar surface area (TPSA) is 17.1 Å². The van der Waals surface area contributed by atoms with Crippen molar-refractivity contribution in [3.63, 3.8) is 0 Å². The van der Waals surface area contributed by atoms with Crippen LogP contribution in [0.25, 0.3) is 0 Å². The van der Waals surface area contributed by atoms with Gasteiger partial charge in [0.25, 0.3) is 0 Å². The Labute approximate surface area is 73.5 Å². The Hall–Kier alpha value is -0.330. The van der Waals surface area contributed by atoms with Crippen LogP contribution in [-0.4, -0.2) is 5.78 Å². The Bertz CT molecular complexity index is 295. The maximum absolute atomic E-state index is 11.7. The Balaban J connectivity index is 2.15. The van der Waals surface area contributed by atoms with Crippen LogP contribution in [0.4, 0.5) is 0 Å². The van der Waals surface area contributed by atoms with Crippen molar-refractivity contribution in [2.75, 3.05) is 0 Å². The van der Waals surface area contributed by atoms with Crippen LogP contribution in [0.1, 0.15) is 40.0 Å². The summed E-state index contributed by atoms with van der Waals surface area (Å²) in [6, 6.07) is 0. The second-order valence-corrected chi connectivity index (χ2v) is 5.80. The van der Waals surface area contributed by atoms with Crippen LogP contribution in [0.15, 0.2) is 0 Å². The smallest absolute Gasteiger partial charge is 0.139 e. The van der Waals surface area contributed by atoms with Crippen molar-refractivity contribution in [1.29, 1.82) is 0 Å². The Morgan fingerprint density at radius 1 is 1.33 bits per heavy atom. The zero-order valence-corrected chi connectivity index (χ0v) is 8.11. The highest BCUT2D eigenvalue weighted by molar-refractivity contribution is 5.91. The molecular weight excluding hydrogens is 148 g/mol. The van der Waals surface area contributed by atoms with E-state index in [0.717, 1.165) is 18.8 Å². The molecule has 4 unspecified atom stereocenters. The summed E-state index contributed by atoms with van der Waals surface area (Å²) in [5, 5.41) is 0. The molecular formula is C11H16O. The first-order valence-electron chi connectivity index (χ1n) is 4.97. The second kappa shape index (κ2) is 1.40. The molecule has 1 nitrogen and oxygen atoms in total. The van der Waals surface area contributed by atoms with Crippen LogP contribution in [0.2, 0.25) is 0 Å². The lowest BCUT2D eigenvalue weighted by Crippen LogP contribution is -2.70. The lowest BCUT2D eigenvalue weighted by atomic mass is 9.29. The summed E-state index contributed by atoms with van der Waals surface area (Å²) in [6.07, 6.45) is 3.35. The average molecular weight is 164 g/mol. The van der Waals surface area contributed by atoms with Crippen LogP contribution in [0, 0.1) is 22.2 Å². The van der Waals surface area contributed by atoms with Crippen LogP contribution in [-0.2, 0) is 4.79 Å². The number of Topliss-reactive ketones (excluding diaryl/α,β-unsaturated/α-hetero) is 1. The van der Waals surface area contributed by atoms with E-state index < -0.39 is 0 Å². The SMILES string of the molecule is CC12CC3CC(=O)C(C)(C1)C32C. The predicted molar refractivity (Wildman–Crippen MR) is 46.7 cm³/mol. The van der Waals surface area contributed by atoms with Crippen molar-refractivity contribution in [2.24, 2.45) is 22.2 Å². The van der Waals surface area contributed by atoms with Crippen molar-refractivity contribution in [2.45, 2.75) is 40.0 Å². The number of hydrogen-bond donors (Lipinski definition) is 0. The third-order valence-corrected chi connectivity index (χ3v) is 5.70. The van der Waals surface area contributed by atoms with E-state index >= 15 is 0 Å². The van der Waals surface area contributed by atoms with Crippen molar-refractivity contribution < 1.29 is 4.79 Å². The first-order chi connectivity index (χ1) is 5.44. The van der Waals surface area contributed by atoms with E-state index in [4.69, 9.17) is 0 Å². The molecule has 0 saturated heterocycles. The minimum absolute atomic E-state index is 0.0741. The third kappa shape index (κ3) is 0.364. The molecule has 3 rings (SSSR count). The molecule has 3 fully saturated rings. The molecule has 3 saturated carbocycles. The van der Waals surface area contributed by atoms with E-state index in [1.165, 1.54) is 6.42 Å². The molecule has 0 spiro atoms. The molecule has 0 N–H and O–H groups in total. The van der Waals surface area contributed by atoms with Crippen molar-refractivity contribution in [1.82, 2.24) is 0 Å². The fraction of sp³-hybridized carbons (Fsp3) is 0.909. The van der Waals surface area contributed by atoms with E-state index in [-0.39, 0.29) is 5.41 Å². The highest BCUT2D eigenvalue weighted by Crippen LogP contribution is 2.85. The summed E-state index contributed by atoms with van der Waals surface area (Å²) < 4.78 is 0. The Kier molecular flexibility index (Phi) is 0.831. The Morgan fingerprint density at radius 2 is 2.00 bits per heavy atom. The lowest BCUT2D eigenvalue weighted by Gasteiger charge is -2.74. The zero-order valence-electron chi connectivity index (χ0n) is 8.11. The van der Waals surface area contributed by atoms with Gasteiger partial charge in [-0.25, -0.2) is 0 Å². The number of ketones is 1. The molecule has 12 heavy (non-hydrogen) atoms. The summed E-state index contributed by atoms with van der Waals surface area (Å²) in [7, 11) is 0. The minimum atomic E-state index is 0.0741. The molecule has 0 radical (unpaired) electrons. The quantitative estimate of drug-likeness (QED) is 0.537. The molecule has 0 aromatic heterocycles. The van der Waals surface area contributed by atoms with Gasteiger partial charge < -0.3 is 0 Å². The van der Waals surface area contributed by atoms with Gasteiger partial charge in [0.1, 0.15) is 5.78 Å². The van der Waals surface area contributed by atoms with Crippen LogP contribution < -0.4 is 0 Å². The van der Waals surface area contributed by atoms with Gasteiger partial charge in [-0.15, -0.1) is 0 Å². The molecule has 0 aromatic carbocycles. The number of carbonyl (C=O) groups is 1. The summed E-state index contributed by atoms with van der Waals surface area (Å²) in [4.78, 5) is 11.7. The standard InChI is InChI=1S/C11H16O/c1-9-5-7-4-8(12)10(2,6-9)11(7,9)3/h7H,4-6H2,1-3H3. The maximum atomic E-state index is 11.7. The molecule has 0 bridgehead atoms. The summed E-state index contributed by atoms with van der Waals surface area (Å²) in [5.74, 6) is 1.28. The first kappa shape index (κ1) is 7.11. The molecule has 3 aliphatic carbocycles. The van der Waals surface area contributed by atoms with Crippen LogP contribution >= 0.6 is 0 Å². The normalized spacial score (nSPS) is 66.9. The van der Waals surface area contributed by atoms with E-state index in [1.807, 2.05) is 0 Å². The van der Waals surface area contributed by atoms with Gasteiger partial charge in [0.2, 0.25) is 0 Å². The van der Waals surface area contributed by atoms with Gasteiger partial charge in [0.15, 0.2) is 0 Å². The monoisotopic (exact) mass is 164 g/mol. The molecule has 0 aliphatic heterocycles. The van der Waals surface area contributed by atoms with Gasteiger partial charge in [0.05, 0.1) is 0 Å². The molecule has 0 heterocycles. The van der Waals surface area contributed by atoms with Gasteiger partial charge >= 0.3 is 0 Å². The second-order valence-electron chi connectivity index (χ2n) is 5.80. The number of rotatable bonds is 0. The summed E-state index contributed by atoms with van der Waals surface area (Å²) in [6.45, 7) is 6.90. The van der Waals surface area contributed by atoms with Crippen molar-refractivity contribution in [3.05, 3.63) is 0 Å². The van der Waals surface area contributed by atoms with Gasteiger partial charge in [0, 0.05) is 11.8 Å². The molecule has 3 aliphatic rings. The van der Waals surface area contributed by atoms with Crippen molar-refractivity contribution >= 4 is 5.78 Å². The number of hydrogen-bond acceptors (Lipinski definition) is 1. The first-order valence-corrected chi connectivity index (χ1v) is 4.97. The van der Waals surface area contributed by atoms with E-state index in [1.54, 1.807) is 0 Å². The van der Waals surface area contributed by atoms with E-state index in [2.05, 4.69) is 20.8 Å². The molecule has 4 atom stereocenters. The predicted octanol–water partition coefficient (Wildman–Crippen LogP) is 2.40. The fourth-order valence-electron chi connectivity index (χ4n) is 4.66. The minimum Gasteiger partial charge on any atom is -0.299 e. The lowest BCUT2D eigenvalue weighted by molar-refractivity contribution is -0.266. The summed E-state index contributed by atoms with van der Waals surface area (Å²) >= 11 is 0. The van der Waals surface area contributed by atoms with E-state index in [9.17, 15) is 4.79 Å². The Morgan fingerprint density at radius 3 is 2.42 bits per heavy atom. The highest BCUT2D eigenvalue weighted by atomic mass is 16.1. The maximum Gasteiger partial charge on any atom is 0.139 e. The third-order valence-electron chi connectivity index (χ3n) is 5.70. The van der Waals surface area contributed by atoms with E-state index in [0.29, 0.717) is 16.6 Å². The zero-order chi connectivity index (χ0) is 8.78. The molecule has 0 aromatic rings. The average Bonchev–Trinajstić information content (AvgIpc) is 2.10. The van der Waals surface area contributed by atoms with Gasteiger partial charge in [-0.2, -0.15) is 0 Å². The van der Waals surface area contributed by atoms with Crippen LogP contribution in [0.5, 0.6) is 0 Å². The molecule has 1 heteroatoms. The number of carbonyl (C=O) groups excluding carboxylic acids is 1. The molecule has 0 amide bonds. The molecule has 66 valence electrons. The van der Waals surface area contributed by atoms with Crippen LogP contribution in [0.3, 0.4) is 0 Å². The fourth-order valence-corrected chi connectivity index (χ4v) is 4.66. The van der Waals surface area contributed by atoms with Gasteiger partial charge in [-0.1, -0.05) is 20.8 Å². The van der Waals surface area contributed by atoms with Crippen molar-refractivity contribution in [3.8, 4) is 0 Å². The highest BCUT2D eigenvalue weighted by Gasteiger charge is 2.81. The summed E-state index contributed by atoms with van der Waals surface area (Å²) in [5.41, 5.74) is 0.986. The largest absolute Gasteiger partial charge is 0.299 e. The van der Waals surface area contributed by atoms with Gasteiger partial charge in [-0.3, -0.25) is 4.79 Å². The van der Waals surface area contributed by atoms with Gasteiger partial charge in [-0.05, 0) is 29.6 Å².